The van der Waals surface area contributed by atoms with Gasteiger partial charge in [-0.05, 0) is 19.9 Å². The molecule has 0 spiro atoms. The van der Waals surface area contributed by atoms with Gasteiger partial charge in [0.25, 0.3) is 0 Å². The third-order valence-corrected chi connectivity index (χ3v) is 2.79. The Morgan fingerprint density at radius 3 is 2.41 bits per heavy atom. The number of nitrogens with one attached hydrogen (secondary N) is 1. The van der Waals surface area contributed by atoms with Crippen molar-refractivity contribution in [1.82, 2.24) is 5.32 Å². The Hall–Kier alpha value is -0.570. The summed E-state index contributed by atoms with van der Waals surface area (Å²) in [5, 5.41) is 3.20. The fourth-order valence-electron chi connectivity index (χ4n) is 1.80. The molecule has 102 valence electrons. The molecule has 0 fully saturated rings. The fourth-order valence-corrected chi connectivity index (χ4v) is 1.80. The van der Waals surface area contributed by atoms with E-state index in [9.17, 15) is 4.79 Å². The van der Waals surface area contributed by atoms with Crippen LogP contribution in [0.1, 0.15) is 65.7 Å². The molecule has 0 aromatic carbocycles. The molecule has 0 aliphatic rings. The predicted octanol–water partition coefficient (Wildman–Crippen LogP) is 3.28. The van der Waals surface area contributed by atoms with E-state index in [1.807, 2.05) is 13.8 Å². The van der Waals surface area contributed by atoms with E-state index in [4.69, 9.17) is 4.74 Å². The van der Waals surface area contributed by atoms with Crippen molar-refractivity contribution in [3.8, 4) is 0 Å². The standard InChI is InChI=1S/C14H29NO2/c1-4-6-7-8-9-10-11-17-14(16)12-13(3)15-5-2/h13,15H,4-12H2,1-3H3. The zero-order valence-electron chi connectivity index (χ0n) is 11.8. The molecule has 0 radical (unpaired) electrons. The number of ether oxygens (including phenoxy) is 1. The van der Waals surface area contributed by atoms with Crippen molar-refractivity contribution in [1.29, 1.82) is 0 Å². The monoisotopic (exact) mass is 243 g/mol. The Kier molecular flexibility index (Phi) is 11.5. The topological polar surface area (TPSA) is 38.3 Å². The summed E-state index contributed by atoms with van der Waals surface area (Å²) in [6.45, 7) is 7.75. The number of rotatable bonds is 11. The number of hydrogen-bond donors (Lipinski definition) is 1. The Bertz CT molecular complexity index is 183. The molecule has 1 atom stereocenters. The predicted molar refractivity (Wildman–Crippen MR) is 72.1 cm³/mol. The van der Waals surface area contributed by atoms with Crippen LogP contribution < -0.4 is 5.32 Å². The van der Waals surface area contributed by atoms with E-state index in [-0.39, 0.29) is 12.0 Å². The van der Waals surface area contributed by atoms with Crippen LogP contribution in [0.15, 0.2) is 0 Å². The van der Waals surface area contributed by atoms with Gasteiger partial charge in [0, 0.05) is 6.04 Å². The van der Waals surface area contributed by atoms with Crippen LogP contribution in [-0.2, 0) is 9.53 Å². The Morgan fingerprint density at radius 2 is 1.76 bits per heavy atom. The molecule has 0 heterocycles. The molecule has 0 aromatic heterocycles. The van der Waals surface area contributed by atoms with Crippen LogP contribution in [0.2, 0.25) is 0 Å². The number of esters is 1. The van der Waals surface area contributed by atoms with Crippen LogP contribution >= 0.6 is 0 Å². The first kappa shape index (κ1) is 16.4. The Balaban J connectivity index is 3.27. The molecule has 17 heavy (non-hydrogen) atoms. The second kappa shape index (κ2) is 11.9. The van der Waals surface area contributed by atoms with Crippen molar-refractivity contribution in [2.24, 2.45) is 0 Å². The smallest absolute Gasteiger partial charge is 0.307 e. The first-order valence-electron chi connectivity index (χ1n) is 7.09. The van der Waals surface area contributed by atoms with Crippen molar-refractivity contribution in [3.05, 3.63) is 0 Å². The maximum atomic E-state index is 11.4. The summed E-state index contributed by atoms with van der Waals surface area (Å²) in [5.74, 6) is -0.0768. The van der Waals surface area contributed by atoms with Crippen molar-refractivity contribution in [2.45, 2.75) is 71.8 Å². The van der Waals surface area contributed by atoms with Crippen LogP contribution in [0, 0.1) is 0 Å². The van der Waals surface area contributed by atoms with Gasteiger partial charge in [-0.15, -0.1) is 0 Å². The van der Waals surface area contributed by atoms with Gasteiger partial charge in [-0.25, -0.2) is 0 Å². The van der Waals surface area contributed by atoms with Crippen molar-refractivity contribution < 1.29 is 9.53 Å². The fraction of sp³-hybridized carbons (Fsp3) is 0.929. The highest BCUT2D eigenvalue weighted by atomic mass is 16.5. The van der Waals surface area contributed by atoms with Gasteiger partial charge in [-0.1, -0.05) is 46.0 Å². The van der Waals surface area contributed by atoms with E-state index in [0.29, 0.717) is 13.0 Å². The summed E-state index contributed by atoms with van der Waals surface area (Å²) in [5.41, 5.74) is 0. The van der Waals surface area contributed by atoms with Gasteiger partial charge >= 0.3 is 5.97 Å². The number of unbranched alkanes of at least 4 members (excludes halogenated alkanes) is 5. The van der Waals surface area contributed by atoms with Gasteiger partial charge in [-0.3, -0.25) is 4.79 Å². The van der Waals surface area contributed by atoms with Gasteiger partial charge in [-0.2, -0.15) is 0 Å². The van der Waals surface area contributed by atoms with Crippen molar-refractivity contribution in [2.75, 3.05) is 13.2 Å². The lowest BCUT2D eigenvalue weighted by Crippen LogP contribution is -2.28. The van der Waals surface area contributed by atoms with Crippen LogP contribution in [0.5, 0.6) is 0 Å². The lowest BCUT2D eigenvalue weighted by molar-refractivity contribution is -0.144. The maximum Gasteiger partial charge on any atom is 0.307 e. The number of hydrogen-bond acceptors (Lipinski definition) is 3. The zero-order chi connectivity index (χ0) is 12.9. The van der Waals surface area contributed by atoms with E-state index >= 15 is 0 Å². The minimum Gasteiger partial charge on any atom is -0.466 e. The lowest BCUT2D eigenvalue weighted by atomic mass is 10.1. The molecule has 0 aromatic rings. The maximum absolute atomic E-state index is 11.4. The molecule has 0 rings (SSSR count). The minimum atomic E-state index is -0.0768. The number of carbonyl (C=O) groups is 1. The van der Waals surface area contributed by atoms with E-state index in [1.165, 1.54) is 32.1 Å². The second-order valence-electron chi connectivity index (χ2n) is 4.65. The highest BCUT2D eigenvalue weighted by Crippen LogP contribution is 2.05. The van der Waals surface area contributed by atoms with E-state index in [2.05, 4.69) is 12.2 Å². The summed E-state index contributed by atoms with van der Waals surface area (Å²) < 4.78 is 5.19. The van der Waals surface area contributed by atoms with Gasteiger partial charge < -0.3 is 10.1 Å². The van der Waals surface area contributed by atoms with E-state index in [1.54, 1.807) is 0 Å². The largest absolute Gasteiger partial charge is 0.466 e. The summed E-state index contributed by atoms with van der Waals surface area (Å²) in [6.07, 6.45) is 7.82. The highest BCUT2D eigenvalue weighted by Gasteiger charge is 2.08. The SMILES string of the molecule is CCCCCCCCOC(=O)CC(C)NCC. The molecule has 0 aliphatic carbocycles. The summed E-state index contributed by atoms with van der Waals surface area (Å²) in [6, 6.07) is 0.219. The molecular weight excluding hydrogens is 214 g/mol. The third kappa shape index (κ3) is 11.7. The normalized spacial score (nSPS) is 12.4. The van der Waals surface area contributed by atoms with Gasteiger partial charge in [0.05, 0.1) is 13.0 Å². The van der Waals surface area contributed by atoms with Crippen molar-refractivity contribution >= 4 is 5.97 Å². The van der Waals surface area contributed by atoms with Crippen molar-refractivity contribution in [3.63, 3.8) is 0 Å². The average molecular weight is 243 g/mol. The first-order valence-corrected chi connectivity index (χ1v) is 7.09. The van der Waals surface area contributed by atoms with E-state index < -0.39 is 0 Å². The lowest BCUT2D eigenvalue weighted by Gasteiger charge is -2.11. The molecule has 3 heteroatoms. The molecule has 0 amide bonds. The molecule has 0 saturated carbocycles. The van der Waals surface area contributed by atoms with Crippen LogP contribution in [0.25, 0.3) is 0 Å². The van der Waals surface area contributed by atoms with Gasteiger partial charge in [0.1, 0.15) is 0 Å². The summed E-state index contributed by atoms with van der Waals surface area (Å²) in [7, 11) is 0. The molecule has 3 nitrogen and oxygen atoms in total. The average Bonchev–Trinajstić information content (AvgIpc) is 2.28. The summed E-state index contributed by atoms with van der Waals surface area (Å²) in [4.78, 5) is 11.4. The molecular formula is C14H29NO2. The number of carbonyl (C=O) groups excluding carboxylic acids is 1. The molecule has 0 aliphatic heterocycles. The Labute approximate surface area is 106 Å². The molecule has 0 bridgehead atoms. The second-order valence-corrected chi connectivity index (χ2v) is 4.65. The third-order valence-electron chi connectivity index (χ3n) is 2.79. The van der Waals surface area contributed by atoms with Gasteiger partial charge in [0.2, 0.25) is 0 Å². The summed E-state index contributed by atoms with van der Waals surface area (Å²) >= 11 is 0. The minimum absolute atomic E-state index is 0.0768. The Morgan fingerprint density at radius 1 is 1.12 bits per heavy atom. The highest BCUT2D eigenvalue weighted by molar-refractivity contribution is 5.70. The van der Waals surface area contributed by atoms with Crippen LogP contribution in [0.4, 0.5) is 0 Å². The zero-order valence-corrected chi connectivity index (χ0v) is 11.8. The van der Waals surface area contributed by atoms with E-state index in [0.717, 1.165) is 13.0 Å². The molecule has 0 saturated heterocycles. The quantitative estimate of drug-likeness (QED) is 0.447. The molecule has 1 N–H and O–H groups in total. The van der Waals surface area contributed by atoms with Crippen LogP contribution in [-0.4, -0.2) is 25.2 Å². The van der Waals surface area contributed by atoms with Gasteiger partial charge in [0.15, 0.2) is 0 Å². The molecule has 1 unspecified atom stereocenters. The van der Waals surface area contributed by atoms with Crippen LogP contribution in [0.3, 0.4) is 0 Å². The first-order chi connectivity index (χ1) is 8.20.